The first-order valence-electron chi connectivity index (χ1n) is 4.58. The van der Waals surface area contributed by atoms with Gasteiger partial charge in [0.15, 0.2) is 0 Å². The van der Waals surface area contributed by atoms with E-state index in [4.69, 9.17) is 0 Å². The minimum Gasteiger partial charge on any atom is -0.466 e. The third-order valence-corrected chi connectivity index (χ3v) is 6.86. The molecule has 1 heterocycles. The first kappa shape index (κ1) is 17.1. The summed E-state index contributed by atoms with van der Waals surface area (Å²) in [5, 5.41) is 0. The van der Waals surface area contributed by atoms with Crippen LogP contribution in [0.4, 0.5) is 13.2 Å². The van der Waals surface area contributed by atoms with Gasteiger partial charge in [-0.3, -0.25) is 0 Å². The van der Waals surface area contributed by atoms with E-state index in [-0.39, 0.29) is 17.1 Å². The fourth-order valence-electron chi connectivity index (χ4n) is 1.07. The molecule has 0 aromatic rings. The number of methoxy groups -OCH3 is 1. The van der Waals surface area contributed by atoms with Gasteiger partial charge in [0.2, 0.25) is 0 Å². The Morgan fingerprint density at radius 3 is 2.20 bits per heavy atom. The summed E-state index contributed by atoms with van der Waals surface area (Å²) < 4.78 is 88.7. The molecule has 0 amide bonds. The summed E-state index contributed by atoms with van der Waals surface area (Å²) in [6, 6.07) is 0. The Labute approximate surface area is 115 Å². The summed E-state index contributed by atoms with van der Waals surface area (Å²) in [6.45, 7) is 0. The van der Waals surface area contributed by atoms with Crippen molar-refractivity contribution >= 4 is 35.8 Å². The molecule has 0 radical (unpaired) electrons. The second-order valence-corrected chi connectivity index (χ2v) is 9.16. The molecular weight excluding hydrogens is 349 g/mol. The molecule has 1 aliphatic rings. The Morgan fingerprint density at radius 1 is 1.20 bits per heavy atom. The van der Waals surface area contributed by atoms with Crippen molar-refractivity contribution in [2.45, 2.75) is 5.51 Å². The van der Waals surface area contributed by atoms with Gasteiger partial charge in [0.25, 0.3) is 0 Å². The highest BCUT2D eigenvalue weighted by Gasteiger charge is 2.57. The van der Waals surface area contributed by atoms with Crippen molar-refractivity contribution in [3.8, 4) is 0 Å². The monoisotopic (exact) mass is 356 g/mol. The fourth-order valence-corrected chi connectivity index (χ4v) is 4.08. The Kier molecular flexibility index (Phi) is 4.65. The van der Waals surface area contributed by atoms with Crippen molar-refractivity contribution < 1.29 is 43.7 Å². The third-order valence-electron chi connectivity index (χ3n) is 2.00. The molecule has 0 bridgehead atoms. The van der Waals surface area contributed by atoms with Crippen LogP contribution < -0.4 is 0 Å². The van der Waals surface area contributed by atoms with Crippen molar-refractivity contribution in [1.82, 2.24) is 0 Å². The van der Waals surface area contributed by atoms with Crippen molar-refractivity contribution in [2.75, 3.05) is 18.6 Å². The molecule has 0 spiro atoms. The zero-order valence-corrected chi connectivity index (χ0v) is 12.1. The molecule has 0 saturated heterocycles. The molecule has 116 valence electrons. The lowest BCUT2D eigenvalue weighted by Gasteiger charge is -2.11. The predicted molar refractivity (Wildman–Crippen MR) is 61.3 cm³/mol. The number of esters is 1. The Hall–Kier alpha value is -0.950. The van der Waals surface area contributed by atoms with E-state index in [9.17, 15) is 34.8 Å². The molecule has 0 unspecified atom stereocenters. The van der Waals surface area contributed by atoms with Gasteiger partial charge < -0.3 is 8.92 Å². The Balaban J connectivity index is 3.19. The first-order chi connectivity index (χ1) is 8.94. The van der Waals surface area contributed by atoms with Gasteiger partial charge in [-0.05, 0) is 0 Å². The second-order valence-electron chi connectivity index (χ2n) is 3.28. The van der Waals surface area contributed by atoms with Crippen molar-refractivity contribution in [1.29, 1.82) is 0 Å². The van der Waals surface area contributed by atoms with E-state index >= 15 is 0 Å². The summed E-state index contributed by atoms with van der Waals surface area (Å²) in [6.07, 6.45) is 0. The predicted octanol–water partition coefficient (Wildman–Crippen LogP) is 0.356. The second kappa shape index (κ2) is 5.44. The standard InChI is InChI=1S/C7H7F3O7S3/c1-16-6(11)4-2-18-3-5(4)17-20(14,15)19(12,13)7(8,9)10/h2-3H2,1H3. The fraction of sp³-hybridized carbons (Fsp3) is 0.571. The summed E-state index contributed by atoms with van der Waals surface area (Å²) in [4.78, 5) is 11.2. The molecule has 0 aromatic heterocycles. The van der Waals surface area contributed by atoms with Crippen LogP contribution in [0.1, 0.15) is 0 Å². The SMILES string of the molecule is COC(=O)C1=C(OS(=O)(=O)S(=O)(=O)C(F)(F)F)CSC1. The van der Waals surface area contributed by atoms with Gasteiger partial charge in [0.1, 0.15) is 5.76 Å². The smallest absolute Gasteiger partial charge is 0.466 e. The molecule has 0 saturated carbocycles. The summed E-state index contributed by atoms with van der Waals surface area (Å²) in [5.74, 6) is -2.03. The molecule has 7 nitrogen and oxygen atoms in total. The highest BCUT2D eigenvalue weighted by Crippen LogP contribution is 2.33. The lowest BCUT2D eigenvalue weighted by molar-refractivity contribution is -0.136. The van der Waals surface area contributed by atoms with Crippen LogP contribution in [0.25, 0.3) is 0 Å². The molecule has 13 heteroatoms. The van der Waals surface area contributed by atoms with Gasteiger partial charge in [-0.1, -0.05) is 0 Å². The molecule has 0 aromatic carbocycles. The van der Waals surface area contributed by atoms with E-state index in [1.165, 1.54) is 0 Å². The summed E-state index contributed by atoms with van der Waals surface area (Å²) in [7, 11) is -11.6. The highest BCUT2D eigenvalue weighted by atomic mass is 33.2. The minimum absolute atomic E-state index is 0.0659. The van der Waals surface area contributed by atoms with Gasteiger partial charge in [-0.25, -0.2) is 4.79 Å². The highest BCUT2D eigenvalue weighted by molar-refractivity contribution is 8.65. The number of carbonyl (C=O) groups excluding carboxylic acids is 1. The summed E-state index contributed by atoms with van der Waals surface area (Å²) in [5.41, 5.74) is -6.36. The Morgan fingerprint density at radius 2 is 1.75 bits per heavy atom. The van der Waals surface area contributed by atoms with Gasteiger partial charge in [-0.15, -0.1) is 11.8 Å². The molecule has 1 aliphatic heterocycles. The number of hydrogen-bond acceptors (Lipinski definition) is 8. The normalized spacial score (nSPS) is 17.2. The number of alkyl halides is 3. The minimum atomic E-state index is -6.56. The van der Waals surface area contributed by atoms with Crippen molar-refractivity contribution in [2.24, 2.45) is 0 Å². The topological polar surface area (TPSA) is 104 Å². The summed E-state index contributed by atoms with van der Waals surface area (Å²) >= 11 is 0.952. The molecular formula is C7H7F3O7S3. The van der Waals surface area contributed by atoms with E-state index in [1.807, 2.05) is 0 Å². The Bertz CT molecular complexity index is 644. The average molecular weight is 356 g/mol. The maximum atomic E-state index is 12.2. The van der Waals surface area contributed by atoms with Crippen molar-refractivity contribution in [3.63, 3.8) is 0 Å². The van der Waals surface area contributed by atoms with Gasteiger partial charge in [0, 0.05) is 5.75 Å². The van der Waals surface area contributed by atoms with Crippen LogP contribution in [0.2, 0.25) is 0 Å². The lowest BCUT2D eigenvalue weighted by atomic mass is 10.3. The van der Waals surface area contributed by atoms with E-state index in [2.05, 4.69) is 8.92 Å². The largest absolute Gasteiger partial charge is 0.515 e. The van der Waals surface area contributed by atoms with E-state index in [0.717, 1.165) is 18.9 Å². The molecule has 0 aliphatic carbocycles. The van der Waals surface area contributed by atoms with Gasteiger partial charge >= 0.3 is 29.5 Å². The van der Waals surface area contributed by atoms with Crippen LogP contribution in [0.3, 0.4) is 0 Å². The number of rotatable bonds is 4. The van der Waals surface area contributed by atoms with Crippen molar-refractivity contribution in [3.05, 3.63) is 11.3 Å². The van der Waals surface area contributed by atoms with E-state index in [0.29, 0.717) is 0 Å². The molecule has 1 rings (SSSR count). The molecule has 0 atom stereocenters. The number of hydrogen-bond donors (Lipinski definition) is 0. The van der Waals surface area contributed by atoms with Crippen LogP contribution in [-0.2, 0) is 31.7 Å². The van der Waals surface area contributed by atoms with Crippen LogP contribution in [0.5, 0.6) is 0 Å². The first-order valence-corrected chi connectivity index (χ1v) is 9.14. The maximum absolute atomic E-state index is 12.2. The molecule has 0 N–H and O–H groups in total. The quantitative estimate of drug-likeness (QED) is 0.525. The molecule has 0 fully saturated rings. The zero-order valence-electron chi connectivity index (χ0n) is 9.63. The van der Waals surface area contributed by atoms with Crippen LogP contribution in [0.15, 0.2) is 11.3 Å². The van der Waals surface area contributed by atoms with Crippen LogP contribution in [-0.4, -0.2) is 46.9 Å². The van der Waals surface area contributed by atoms with E-state index in [1.54, 1.807) is 0 Å². The molecule has 20 heavy (non-hydrogen) atoms. The third kappa shape index (κ3) is 3.03. The van der Waals surface area contributed by atoms with Crippen LogP contribution >= 0.6 is 11.8 Å². The van der Waals surface area contributed by atoms with Gasteiger partial charge in [-0.2, -0.15) is 30.0 Å². The number of thioether (sulfide) groups is 1. The number of ether oxygens (including phenoxy) is 1. The van der Waals surface area contributed by atoms with Crippen LogP contribution in [0, 0.1) is 0 Å². The zero-order chi connectivity index (χ0) is 15.8. The average Bonchev–Trinajstić information content (AvgIpc) is 2.73. The van der Waals surface area contributed by atoms with Gasteiger partial charge in [0.05, 0.1) is 18.4 Å². The number of halogens is 3. The van der Waals surface area contributed by atoms with E-state index < -0.39 is 35.3 Å². The number of carbonyl (C=O) groups is 1. The lowest BCUT2D eigenvalue weighted by Crippen LogP contribution is -2.32. The maximum Gasteiger partial charge on any atom is 0.515 e.